The lowest BCUT2D eigenvalue weighted by molar-refractivity contribution is 0.493. The maximum atomic E-state index is 12.9. The van der Waals surface area contributed by atoms with Crippen molar-refractivity contribution in [2.24, 2.45) is 0 Å². The lowest BCUT2D eigenvalue weighted by atomic mass is 10.1. The lowest BCUT2D eigenvalue weighted by Gasteiger charge is -2.23. The van der Waals surface area contributed by atoms with Gasteiger partial charge in [0, 0.05) is 12.6 Å². The van der Waals surface area contributed by atoms with Crippen LogP contribution in [0.2, 0.25) is 0 Å². The highest BCUT2D eigenvalue weighted by molar-refractivity contribution is 7.89. The van der Waals surface area contributed by atoms with Crippen LogP contribution in [0.5, 0.6) is 0 Å². The number of hydrogen-bond donors (Lipinski definition) is 2. The molecule has 146 valence electrons. The van der Waals surface area contributed by atoms with E-state index >= 15 is 0 Å². The zero-order valence-electron chi connectivity index (χ0n) is 16.2. The summed E-state index contributed by atoms with van der Waals surface area (Å²) in [7, 11) is -3.63. The molecule has 0 unspecified atom stereocenters. The van der Waals surface area contributed by atoms with Crippen LogP contribution >= 0.6 is 0 Å². The molecule has 5 heteroatoms. The van der Waals surface area contributed by atoms with E-state index in [0.29, 0.717) is 6.54 Å². The summed E-state index contributed by atoms with van der Waals surface area (Å²) in [6.07, 6.45) is 0. The number of rotatable bonds is 8. The van der Waals surface area contributed by atoms with Crippen LogP contribution < -0.4 is 10.0 Å². The zero-order chi connectivity index (χ0) is 20.0. The molecule has 0 fully saturated rings. The second-order valence-corrected chi connectivity index (χ2v) is 8.65. The normalized spacial score (nSPS) is 13.8. The molecule has 3 rings (SSSR count). The third-order valence-electron chi connectivity index (χ3n) is 4.76. The third kappa shape index (κ3) is 5.29. The molecule has 0 spiro atoms. The Morgan fingerprint density at radius 3 is 1.89 bits per heavy atom. The van der Waals surface area contributed by atoms with Crippen molar-refractivity contribution in [1.29, 1.82) is 0 Å². The van der Waals surface area contributed by atoms with Crippen molar-refractivity contribution in [2.75, 3.05) is 6.54 Å². The molecule has 2 N–H and O–H groups in total. The van der Waals surface area contributed by atoms with Crippen LogP contribution in [-0.2, 0) is 10.0 Å². The zero-order valence-corrected chi connectivity index (χ0v) is 17.0. The topological polar surface area (TPSA) is 58.2 Å². The summed E-state index contributed by atoms with van der Waals surface area (Å²) < 4.78 is 28.7. The van der Waals surface area contributed by atoms with E-state index in [1.807, 2.05) is 67.6 Å². The molecule has 0 heterocycles. The van der Waals surface area contributed by atoms with Crippen LogP contribution in [0.4, 0.5) is 0 Å². The first-order chi connectivity index (χ1) is 13.5. The van der Waals surface area contributed by atoms with Crippen molar-refractivity contribution in [3.63, 3.8) is 0 Å². The Bertz CT molecular complexity index is 972. The fourth-order valence-corrected chi connectivity index (χ4v) is 4.26. The molecule has 0 saturated heterocycles. The summed E-state index contributed by atoms with van der Waals surface area (Å²) >= 11 is 0. The maximum Gasteiger partial charge on any atom is 0.241 e. The predicted octanol–water partition coefficient (Wildman–Crippen LogP) is 4.37. The van der Waals surface area contributed by atoms with Crippen molar-refractivity contribution >= 4 is 10.0 Å². The number of aryl methyl sites for hydroxylation is 1. The highest BCUT2D eigenvalue weighted by atomic mass is 32.2. The predicted molar refractivity (Wildman–Crippen MR) is 114 cm³/mol. The minimum Gasteiger partial charge on any atom is -0.308 e. The van der Waals surface area contributed by atoms with Gasteiger partial charge in [-0.15, -0.1) is 0 Å². The van der Waals surface area contributed by atoms with Gasteiger partial charge in [0.2, 0.25) is 10.0 Å². The van der Waals surface area contributed by atoms with Crippen molar-refractivity contribution in [1.82, 2.24) is 10.0 Å². The molecule has 3 aromatic carbocycles. The van der Waals surface area contributed by atoms with Crippen LogP contribution in [-0.4, -0.2) is 15.0 Å². The fraction of sp³-hybridized carbons (Fsp3) is 0.217. The number of nitrogens with one attached hydrogen (secondary N) is 2. The maximum absolute atomic E-state index is 12.9. The minimum absolute atomic E-state index is 0.108. The van der Waals surface area contributed by atoms with Gasteiger partial charge >= 0.3 is 0 Å². The fourth-order valence-electron chi connectivity index (χ4n) is 3.04. The largest absolute Gasteiger partial charge is 0.308 e. The molecule has 28 heavy (non-hydrogen) atoms. The van der Waals surface area contributed by atoms with Gasteiger partial charge in [0.05, 0.1) is 10.9 Å². The van der Waals surface area contributed by atoms with Gasteiger partial charge in [-0.3, -0.25) is 0 Å². The summed E-state index contributed by atoms with van der Waals surface area (Å²) in [4.78, 5) is 0.273. The van der Waals surface area contributed by atoms with Crippen LogP contribution in [0.1, 0.15) is 35.7 Å². The molecule has 0 aliphatic heterocycles. The Morgan fingerprint density at radius 1 is 0.786 bits per heavy atom. The first-order valence-electron chi connectivity index (χ1n) is 9.38. The molecule has 4 nitrogen and oxygen atoms in total. The van der Waals surface area contributed by atoms with Gasteiger partial charge in [0.1, 0.15) is 0 Å². The second kappa shape index (κ2) is 9.15. The van der Waals surface area contributed by atoms with Crippen LogP contribution in [0, 0.1) is 6.92 Å². The standard InChI is InChI=1S/C23H26N2O2S/c1-18-13-15-22(16-14-18)28(26,27)25-23(21-11-7-4-8-12-21)17-24-19(2)20-9-5-3-6-10-20/h3-16,19,23-25H,17H2,1-2H3/t19-,23-/m1/s1. The summed E-state index contributed by atoms with van der Waals surface area (Å²) in [6, 6.07) is 26.4. The van der Waals surface area contributed by atoms with Crippen LogP contribution in [0.3, 0.4) is 0 Å². The van der Waals surface area contributed by atoms with Crippen molar-refractivity contribution < 1.29 is 8.42 Å². The summed E-state index contributed by atoms with van der Waals surface area (Å²) in [5.41, 5.74) is 3.11. The molecule has 0 aliphatic carbocycles. The van der Waals surface area contributed by atoms with Gasteiger partial charge in [0.25, 0.3) is 0 Å². The average Bonchev–Trinajstić information content (AvgIpc) is 2.72. The Labute approximate surface area is 167 Å². The molecule has 3 aromatic rings. The van der Waals surface area contributed by atoms with Gasteiger partial charge in [-0.05, 0) is 37.1 Å². The SMILES string of the molecule is Cc1ccc(S(=O)(=O)N[C@H](CN[C@H](C)c2ccccc2)c2ccccc2)cc1. The first kappa shape index (κ1) is 20.3. The van der Waals surface area contributed by atoms with Gasteiger partial charge < -0.3 is 5.32 Å². The first-order valence-corrected chi connectivity index (χ1v) is 10.9. The number of hydrogen-bond acceptors (Lipinski definition) is 3. The third-order valence-corrected chi connectivity index (χ3v) is 6.25. The average molecular weight is 395 g/mol. The minimum atomic E-state index is -3.63. The molecular formula is C23H26N2O2S. The monoisotopic (exact) mass is 394 g/mol. The molecule has 0 amide bonds. The number of benzene rings is 3. The van der Waals surface area contributed by atoms with Crippen LogP contribution in [0.15, 0.2) is 89.8 Å². The molecule has 0 aromatic heterocycles. The van der Waals surface area contributed by atoms with Crippen LogP contribution in [0.25, 0.3) is 0 Å². The summed E-state index contributed by atoms with van der Waals surface area (Å²) in [5.74, 6) is 0. The quantitative estimate of drug-likeness (QED) is 0.597. The molecule has 0 bridgehead atoms. The van der Waals surface area contributed by atoms with E-state index in [0.717, 1.165) is 16.7 Å². The highest BCUT2D eigenvalue weighted by Crippen LogP contribution is 2.19. The van der Waals surface area contributed by atoms with Crippen molar-refractivity contribution in [3.8, 4) is 0 Å². The van der Waals surface area contributed by atoms with Gasteiger partial charge in [-0.1, -0.05) is 78.4 Å². The van der Waals surface area contributed by atoms with E-state index in [1.54, 1.807) is 12.1 Å². The Balaban J connectivity index is 1.78. The molecule has 0 radical (unpaired) electrons. The highest BCUT2D eigenvalue weighted by Gasteiger charge is 2.22. The smallest absolute Gasteiger partial charge is 0.241 e. The van der Waals surface area contributed by atoms with Crippen molar-refractivity contribution in [3.05, 3.63) is 102 Å². The van der Waals surface area contributed by atoms with E-state index < -0.39 is 10.0 Å². The van der Waals surface area contributed by atoms with Crippen molar-refractivity contribution in [2.45, 2.75) is 30.8 Å². The van der Waals surface area contributed by atoms with Gasteiger partial charge in [-0.2, -0.15) is 0 Å². The van der Waals surface area contributed by atoms with E-state index in [2.05, 4.69) is 29.1 Å². The van der Waals surface area contributed by atoms with E-state index in [9.17, 15) is 8.42 Å². The molecule has 2 atom stereocenters. The van der Waals surface area contributed by atoms with E-state index in [4.69, 9.17) is 0 Å². The molecule has 0 aliphatic rings. The molecule has 0 saturated carbocycles. The van der Waals surface area contributed by atoms with Gasteiger partial charge in [-0.25, -0.2) is 13.1 Å². The summed E-state index contributed by atoms with van der Waals surface area (Å²) in [6.45, 7) is 4.49. The second-order valence-electron chi connectivity index (χ2n) is 6.94. The lowest BCUT2D eigenvalue weighted by Crippen LogP contribution is -2.36. The van der Waals surface area contributed by atoms with Gasteiger partial charge in [0.15, 0.2) is 0 Å². The Kier molecular flexibility index (Phi) is 6.62. The van der Waals surface area contributed by atoms with E-state index in [1.165, 1.54) is 0 Å². The number of sulfonamides is 1. The van der Waals surface area contributed by atoms with E-state index in [-0.39, 0.29) is 17.0 Å². The summed E-state index contributed by atoms with van der Waals surface area (Å²) in [5, 5.41) is 3.45. The molecular weight excluding hydrogens is 368 g/mol. The Morgan fingerprint density at radius 2 is 1.32 bits per heavy atom. The Hall–Kier alpha value is -2.47.